The van der Waals surface area contributed by atoms with Crippen LogP contribution in [0.15, 0.2) is 66.3 Å². The highest BCUT2D eigenvalue weighted by atomic mass is 14.9. The minimum Gasteiger partial charge on any atom is -0.278 e. The van der Waals surface area contributed by atoms with Gasteiger partial charge in [-0.1, -0.05) is 49.1 Å². The molecule has 2 heterocycles. The predicted octanol–water partition coefficient (Wildman–Crippen LogP) is 5.05. The number of hydrogen-bond acceptors (Lipinski definition) is 2. The summed E-state index contributed by atoms with van der Waals surface area (Å²) in [4.78, 5) is 9.67. The van der Waals surface area contributed by atoms with Gasteiger partial charge in [-0.25, -0.2) is 0 Å². The van der Waals surface area contributed by atoms with Crippen molar-refractivity contribution in [2.24, 2.45) is 4.99 Å². The molecule has 0 atom stereocenters. The van der Waals surface area contributed by atoms with Crippen molar-refractivity contribution in [3.05, 3.63) is 83.6 Å². The zero-order valence-corrected chi connectivity index (χ0v) is 14.1. The molecule has 1 aliphatic heterocycles. The van der Waals surface area contributed by atoms with Crippen molar-refractivity contribution in [3.8, 4) is 0 Å². The minimum absolute atomic E-state index is 0.132. The fraction of sp³-hybridized carbons (Fsp3) is 0.182. The lowest BCUT2D eigenvalue weighted by Gasteiger charge is -2.30. The number of nitrogens with zero attached hydrogens (tertiary/aromatic N) is 2. The number of aromatic nitrogens is 1. The van der Waals surface area contributed by atoms with Crippen molar-refractivity contribution in [2.75, 3.05) is 0 Å². The van der Waals surface area contributed by atoms with E-state index in [0.717, 1.165) is 28.6 Å². The second-order valence-electron chi connectivity index (χ2n) is 6.94. The maximum atomic E-state index is 5.05. The summed E-state index contributed by atoms with van der Waals surface area (Å²) >= 11 is 0. The molecule has 0 saturated heterocycles. The van der Waals surface area contributed by atoms with Crippen molar-refractivity contribution in [3.63, 3.8) is 0 Å². The molecule has 0 radical (unpaired) electrons. The van der Waals surface area contributed by atoms with E-state index in [2.05, 4.69) is 55.7 Å². The summed E-state index contributed by atoms with van der Waals surface area (Å²) in [6.07, 6.45) is 4.80. The van der Waals surface area contributed by atoms with E-state index in [0.29, 0.717) is 0 Å². The molecule has 0 fully saturated rings. The SMILES string of the molecule is C=Cc1cccc2c1CC(C)(C)N=C2c1cnc2ccccc2c1. The number of para-hydroxylation sites is 1. The van der Waals surface area contributed by atoms with Crippen LogP contribution < -0.4 is 0 Å². The molecule has 3 aromatic rings. The fourth-order valence-electron chi connectivity index (χ4n) is 3.47. The molecule has 0 saturated carbocycles. The Labute approximate surface area is 142 Å². The van der Waals surface area contributed by atoms with Gasteiger partial charge in [-0.15, -0.1) is 0 Å². The average molecular weight is 312 g/mol. The van der Waals surface area contributed by atoms with Crippen LogP contribution in [0.25, 0.3) is 17.0 Å². The Balaban J connectivity index is 1.95. The van der Waals surface area contributed by atoms with E-state index >= 15 is 0 Å². The van der Waals surface area contributed by atoms with Gasteiger partial charge in [0.2, 0.25) is 0 Å². The van der Waals surface area contributed by atoms with Gasteiger partial charge < -0.3 is 0 Å². The highest BCUT2D eigenvalue weighted by molar-refractivity contribution is 6.15. The van der Waals surface area contributed by atoms with Crippen molar-refractivity contribution in [2.45, 2.75) is 25.8 Å². The van der Waals surface area contributed by atoms with Crippen LogP contribution in [0.1, 0.15) is 36.1 Å². The summed E-state index contributed by atoms with van der Waals surface area (Å²) < 4.78 is 0. The van der Waals surface area contributed by atoms with Gasteiger partial charge in [0.25, 0.3) is 0 Å². The zero-order chi connectivity index (χ0) is 16.7. The smallest absolute Gasteiger partial charge is 0.0744 e. The summed E-state index contributed by atoms with van der Waals surface area (Å²) in [6, 6.07) is 16.8. The molecular weight excluding hydrogens is 292 g/mol. The Kier molecular flexibility index (Phi) is 3.34. The van der Waals surface area contributed by atoms with Crippen LogP contribution in [0.4, 0.5) is 0 Å². The van der Waals surface area contributed by atoms with E-state index in [1.807, 2.05) is 30.5 Å². The minimum atomic E-state index is -0.132. The molecule has 0 amide bonds. The molecule has 2 nitrogen and oxygen atoms in total. The molecule has 2 aromatic carbocycles. The standard InChI is InChI=1S/C22H20N2/c1-4-15-9-7-10-18-19(15)13-22(2,3)24-21(18)17-12-16-8-5-6-11-20(16)23-14-17/h4-12,14H,1,13H2,2-3H3. The van der Waals surface area contributed by atoms with E-state index < -0.39 is 0 Å². The molecular formula is C22H20N2. The molecule has 0 spiro atoms. The van der Waals surface area contributed by atoms with Crippen LogP contribution in [-0.4, -0.2) is 16.2 Å². The monoisotopic (exact) mass is 312 g/mol. The van der Waals surface area contributed by atoms with E-state index in [-0.39, 0.29) is 5.54 Å². The molecule has 24 heavy (non-hydrogen) atoms. The van der Waals surface area contributed by atoms with E-state index in [9.17, 15) is 0 Å². The number of fused-ring (bicyclic) bond motifs is 2. The molecule has 1 aromatic heterocycles. The lowest BCUT2D eigenvalue weighted by atomic mass is 9.82. The molecule has 0 unspecified atom stereocenters. The van der Waals surface area contributed by atoms with E-state index in [4.69, 9.17) is 4.99 Å². The van der Waals surface area contributed by atoms with Crippen LogP contribution in [0, 0.1) is 0 Å². The Morgan fingerprint density at radius 1 is 1.08 bits per heavy atom. The third kappa shape index (κ3) is 2.44. The second kappa shape index (κ2) is 5.41. The molecule has 0 N–H and O–H groups in total. The van der Waals surface area contributed by atoms with Crippen molar-refractivity contribution < 1.29 is 0 Å². The maximum absolute atomic E-state index is 5.05. The summed E-state index contributed by atoms with van der Waals surface area (Å²) in [7, 11) is 0. The first-order valence-electron chi connectivity index (χ1n) is 8.27. The third-order valence-electron chi connectivity index (χ3n) is 4.58. The van der Waals surface area contributed by atoms with E-state index in [1.165, 1.54) is 16.7 Å². The van der Waals surface area contributed by atoms with Crippen LogP contribution in [0.3, 0.4) is 0 Å². The Bertz CT molecular complexity index is 980. The number of hydrogen-bond donors (Lipinski definition) is 0. The van der Waals surface area contributed by atoms with Gasteiger partial charge in [0, 0.05) is 22.7 Å². The average Bonchev–Trinajstić information content (AvgIpc) is 2.59. The fourth-order valence-corrected chi connectivity index (χ4v) is 3.47. The Morgan fingerprint density at radius 3 is 2.75 bits per heavy atom. The molecule has 2 heteroatoms. The quantitative estimate of drug-likeness (QED) is 0.650. The molecule has 118 valence electrons. The second-order valence-corrected chi connectivity index (χ2v) is 6.94. The number of pyridine rings is 1. The first-order chi connectivity index (χ1) is 11.6. The number of aliphatic imine (C=N–C) groups is 1. The summed E-state index contributed by atoms with van der Waals surface area (Å²) in [6.45, 7) is 8.34. The van der Waals surface area contributed by atoms with Gasteiger partial charge in [-0.05, 0) is 43.5 Å². The Hall–Kier alpha value is -2.74. The van der Waals surface area contributed by atoms with Crippen molar-refractivity contribution in [1.82, 2.24) is 4.98 Å². The predicted molar refractivity (Wildman–Crippen MR) is 102 cm³/mol. The van der Waals surface area contributed by atoms with Crippen LogP contribution >= 0.6 is 0 Å². The van der Waals surface area contributed by atoms with Gasteiger partial charge in [-0.2, -0.15) is 0 Å². The van der Waals surface area contributed by atoms with Gasteiger partial charge >= 0.3 is 0 Å². The molecule has 1 aliphatic rings. The summed E-state index contributed by atoms with van der Waals surface area (Å²) in [5, 5.41) is 1.14. The number of rotatable bonds is 2. The van der Waals surface area contributed by atoms with Gasteiger partial charge in [0.05, 0.1) is 16.8 Å². The summed E-state index contributed by atoms with van der Waals surface area (Å²) in [5.74, 6) is 0. The topological polar surface area (TPSA) is 25.2 Å². The Morgan fingerprint density at radius 2 is 1.92 bits per heavy atom. The highest BCUT2D eigenvalue weighted by Gasteiger charge is 2.28. The van der Waals surface area contributed by atoms with Crippen LogP contribution in [0.5, 0.6) is 0 Å². The van der Waals surface area contributed by atoms with Gasteiger partial charge in [0.15, 0.2) is 0 Å². The van der Waals surface area contributed by atoms with Gasteiger partial charge in [-0.3, -0.25) is 9.98 Å². The lowest BCUT2D eigenvalue weighted by Crippen LogP contribution is -2.30. The molecule has 4 rings (SSSR count). The van der Waals surface area contributed by atoms with Gasteiger partial charge in [0.1, 0.15) is 0 Å². The summed E-state index contributed by atoms with van der Waals surface area (Å²) in [5.41, 5.74) is 6.71. The highest BCUT2D eigenvalue weighted by Crippen LogP contribution is 2.32. The zero-order valence-electron chi connectivity index (χ0n) is 14.1. The third-order valence-corrected chi connectivity index (χ3v) is 4.58. The maximum Gasteiger partial charge on any atom is 0.0744 e. The lowest BCUT2D eigenvalue weighted by molar-refractivity contribution is 0.513. The first kappa shape index (κ1) is 14.8. The van der Waals surface area contributed by atoms with Crippen molar-refractivity contribution in [1.29, 1.82) is 0 Å². The molecule has 0 aliphatic carbocycles. The van der Waals surface area contributed by atoms with E-state index in [1.54, 1.807) is 0 Å². The number of benzene rings is 2. The first-order valence-corrected chi connectivity index (χ1v) is 8.27. The normalized spacial score (nSPS) is 15.7. The van der Waals surface area contributed by atoms with Crippen molar-refractivity contribution >= 4 is 22.7 Å². The molecule has 0 bridgehead atoms. The van der Waals surface area contributed by atoms with Crippen LogP contribution in [0.2, 0.25) is 0 Å². The van der Waals surface area contributed by atoms with Crippen LogP contribution in [-0.2, 0) is 6.42 Å². The largest absolute Gasteiger partial charge is 0.278 e.